The molecule has 2 unspecified atom stereocenters. The Morgan fingerprint density at radius 2 is 2.18 bits per heavy atom. The summed E-state index contributed by atoms with van der Waals surface area (Å²) in [6.07, 6.45) is 4.57. The van der Waals surface area contributed by atoms with Crippen molar-refractivity contribution in [3.8, 4) is 0 Å². The van der Waals surface area contributed by atoms with Crippen LogP contribution in [0.1, 0.15) is 32.6 Å². The molecule has 1 N–H and O–H groups in total. The molecule has 11 heavy (non-hydrogen) atoms. The van der Waals surface area contributed by atoms with Gasteiger partial charge >= 0.3 is 0 Å². The van der Waals surface area contributed by atoms with Gasteiger partial charge in [0.2, 0.25) is 0 Å². The van der Waals surface area contributed by atoms with Gasteiger partial charge in [-0.25, -0.2) is 0 Å². The fraction of sp³-hybridized carbons (Fsp3) is 1.00. The summed E-state index contributed by atoms with van der Waals surface area (Å²) in [6.45, 7) is 2.94. The predicted octanol–water partition coefficient (Wildman–Crippen LogP) is 1.33. The van der Waals surface area contributed by atoms with Crippen molar-refractivity contribution >= 4 is 0 Å². The lowest BCUT2D eigenvalue weighted by Gasteiger charge is -2.25. The quantitative estimate of drug-likeness (QED) is 0.623. The third-order valence-electron chi connectivity index (χ3n) is 2.93. The van der Waals surface area contributed by atoms with Crippen LogP contribution < -0.4 is 0 Å². The molecule has 0 radical (unpaired) electrons. The van der Waals surface area contributed by atoms with Crippen LogP contribution in [0.15, 0.2) is 0 Å². The number of hydrogen-bond acceptors (Lipinski definition) is 2. The number of epoxide rings is 1. The Balaban J connectivity index is 1.90. The molecule has 0 aromatic carbocycles. The van der Waals surface area contributed by atoms with Crippen LogP contribution in [0.4, 0.5) is 0 Å². The highest BCUT2D eigenvalue weighted by Gasteiger charge is 2.45. The summed E-state index contributed by atoms with van der Waals surface area (Å²) >= 11 is 0. The van der Waals surface area contributed by atoms with Crippen LogP contribution in [0, 0.1) is 5.92 Å². The zero-order valence-electron chi connectivity index (χ0n) is 7.05. The second-order valence-corrected chi connectivity index (χ2v) is 3.89. The standard InChI is InChI=1S/C9H16O2/c1-2-9(10,7-3-4-7)5-8-6-11-8/h7-8,10H,2-6H2,1H3. The molecule has 2 atom stereocenters. The lowest BCUT2D eigenvalue weighted by atomic mass is 9.89. The van der Waals surface area contributed by atoms with Crippen molar-refractivity contribution in [3.63, 3.8) is 0 Å². The van der Waals surface area contributed by atoms with Crippen LogP contribution in [0.3, 0.4) is 0 Å². The molecule has 0 bridgehead atoms. The largest absolute Gasteiger partial charge is 0.390 e. The third-order valence-corrected chi connectivity index (χ3v) is 2.93. The van der Waals surface area contributed by atoms with Crippen molar-refractivity contribution in [3.05, 3.63) is 0 Å². The molecule has 2 aliphatic rings. The van der Waals surface area contributed by atoms with Crippen LogP contribution in [0.2, 0.25) is 0 Å². The Kier molecular flexibility index (Phi) is 1.69. The summed E-state index contributed by atoms with van der Waals surface area (Å²) in [6, 6.07) is 0. The van der Waals surface area contributed by atoms with Crippen LogP contribution >= 0.6 is 0 Å². The lowest BCUT2D eigenvalue weighted by Crippen LogP contribution is -2.32. The molecule has 2 fully saturated rings. The highest BCUT2D eigenvalue weighted by atomic mass is 16.6. The highest BCUT2D eigenvalue weighted by molar-refractivity contribution is 4.96. The van der Waals surface area contributed by atoms with Crippen molar-refractivity contribution in [1.82, 2.24) is 0 Å². The van der Waals surface area contributed by atoms with Gasteiger partial charge in [0.15, 0.2) is 0 Å². The van der Waals surface area contributed by atoms with E-state index in [0.29, 0.717) is 12.0 Å². The van der Waals surface area contributed by atoms with E-state index in [2.05, 4.69) is 6.92 Å². The van der Waals surface area contributed by atoms with Crippen molar-refractivity contribution in [2.24, 2.45) is 5.92 Å². The van der Waals surface area contributed by atoms with Crippen molar-refractivity contribution < 1.29 is 9.84 Å². The molecule has 1 aliphatic carbocycles. The molecule has 2 nitrogen and oxygen atoms in total. The first-order chi connectivity index (χ1) is 5.24. The predicted molar refractivity (Wildman–Crippen MR) is 42.3 cm³/mol. The summed E-state index contributed by atoms with van der Waals surface area (Å²) in [4.78, 5) is 0. The molecule has 0 aromatic heterocycles. The monoisotopic (exact) mass is 156 g/mol. The summed E-state index contributed by atoms with van der Waals surface area (Å²) in [5.41, 5.74) is -0.388. The fourth-order valence-electron chi connectivity index (χ4n) is 1.80. The summed E-state index contributed by atoms with van der Waals surface area (Å²) < 4.78 is 5.12. The van der Waals surface area contributed by atoms with Gasteiger partial charge in [-0.2, -0.15) is 0 Å². The Hall–Kier alpha value is -0.0800. The molecule has 1 saturated carbocycles. The van der Waals surface area contributed by atoms with Crippen LogP contribution in [0.25, 0.3) is 0 Å². The normalized spacial score (nSPS) is 34.9. The van der Waals surface area contributed by atoms with Gasteiger partial charge < -0.3 is 9.84 Å². The Labute approximate surface area is 67.6 Å². The van der Waals surface area contributed by atoms with E-state index in [4.69, 9.17) is 4.74 Å². The van der Waals surface area contributed by atoms with Gasteiger partial charge in [0.1, 0.15) is 0 Å². The van der Waals surface area contributed by atoms with E-state index in [1.807, 2.05) is 0 Å². The average Bonchev–Trinajstić information content (AvgIpc) is 2.81. The van der Waals surface area contributed by atoms with E-state index in [1.54, 1.807) is 0 Å². The van der Waals surface area contributed by atoms with Gasteiger partial charge in [0, 0.05) is 6.42 Å². The molecule has 1 heterocycles. The maximum atomic E-state index is 10.1. The number of ether oxygens (including phenoxy) is 1. The minimum absolute atomic E-state index is 0.376. The number of aliphatic hydroxyl groups is 1. The molecule has 0 amide bonds. The maximum Gasteiger partial charge on any atom is 0.0837 e. The van der Waals surface area contributed by atoms with E-state index < -0.39 is 0 Å². The topological polar surface area (TPSA) is 32.8 Å². The average molecular weight is 156 g/mol. The highest BCUT2D eigenvalue weighted by Crippen LogP contribution is 2.45. The second kappa shape index (κ2) is 2.46. The summed E-state index contributed by atoms with van der Waals surface area (Å²) in [5, 5.41) is 10.1. The fourth-order valence-corrected chi connectivity index (χ4v) is 1.80. The molecule has 0 spiro atoms. The van der Waals surface area contributed by atoms with E-state index in [9.17, 15) is 5.11 Å². The second-order valence-electron chi connectivity index (χ2n) is 3.89. The summed E-state index contributed by atoms with van der Waals surface area (Å²) in [7, 11) is 0. The third kappa shape index (κ3) is 1.57. The van der Waals surface area contributed by atoms with E-state index >= 15 is 0 Å². The van der Waals surface area contributed by atoms with E-state index in [-0.39, 0.29) is 5.60 Å². The first-order valence-electron chi connectivity index (χ1n) is 4.58. The molecule has 1 aliphatic heterocycles. The van der Waals surface area contributed by atoms with E-state index in [1.165, 1.54) is 12.8 Å². The molecule has 1 saturated heterocycles. The van der Waals surface area contributed by atoms with Gasteiger partial charge in [-0.15, -0.1) is 0 Å². The van der Waals surface area contributed by atoms with Crippen molar-refractivity contribution in [1.29, 1.82) is 0 Å². The van der Waals surface area contributed by atoms with Crippen LogP contribution in [-0.4, -0.2) is 23.4 Å². The first-order valence-corrected chi connectivity index (χ1v) is 4.58. The number of rotatable bonds is 4. The molecule has 2 rings (SSSR count). The molecule has 2 heteroatoms. The van der Waals surface area contributed by atoms with Gasteiger partial charge in [-0.05, 0) is 25.2 Å². The van der Waals surface area contributed by atoms with Gasteiger partial charge in [-0.3, -0.25) is 0 Å². The van der Waals surface area contributed by atoms with Gasteiger partial charge in [-0.1, -0.05) is 6.92 Å². The molecule has 0 aromatic rings. The van der Waals surface area contributed by atoms with Gasteiger partial charge in [0.05, 0.1) is 18.3 Å². The molecular formula is C9H16O2. The number of hydrogen-bond donors (Lipinski definition) is 1. The van der Waals surface area contributed by atoms with Gasteiger partial charge in [0.25, 0.3) is 0 Å². The zero-order valence-corrected chi connectivity index (χ0v) is 7.05. The van der Waals surface area contributed by atoms with Crippen LogP contribution in [0.5, 0.6) is 0 Å². The Bertz CT molecular complexity index is 150. The summed E-state index contributed by atoms with van der Waals surface area (Å²) in [5.74, 6) is 0.580. The SMILES string of the molecule is CCC(O)(CC1CO1)C1CC1. The lowest BCUT2D eigenvalue weighted by molar-refractivity contribution is -0.00114. The van der Waals surface area contributed by atoms with Crippen molar-refractivity contribution in [2.45, 2.75) is 44.3 Å². The minimum atomic E-state index is -0.388. The molecular weight excluding hydrogens is 140 g/mol. The molecule has 64 valence electrons. The first kappa shape index (κ1) is 7.56. The Morgan fingerprint density at radius 1 is 1.55 bits per heavy atom. The maximum absolute atomic E-state index is 10.1. The Morgan fingerprint density at radius 3 is 2.55 bits per heavy atom. The van der Waals surface area contributed by atoms with Crippen molar-refractivity contribution in [2.75, 3.05) is 6.61 Å². The van der Waals surface area contributed by atoms with E-state index in [0.717, 1.165) is 19.4 Å². The smallest absolute Gasteiger partial charge is 0.0837 e. The zero-order chi connectivity index (χ0) is 7.90. The van der Waals surface area contributed by atoms with Crippen LogP contribution in [-0.2, 0) is 4.74 Å². The minimum Gasteiger partial charge on any atom is -0.390 e.